The summed E-state index contributed by atoms with van der Waals surface area (Å²) in [4.78, 5) is 14.3. The number of hydrogen-bond donors (Lipinski definition) is 1. The summed E-state index contributed by atoms with van der Waals surface area (Å²) in [6, 6.07) is 16.5. The largest absolute Gasteiger partial charge is 0.327 e. The van der Waals surface area contributed by atoms with Crippen LogP contribution in [-0.2, 0) is 0 Å². The number of benzene rings is 2. The number of urea groups is 1. The maximum absolute atomic E-state index is 12.5. The number of hydrogen-bond acceptors (Lipinski definition) is 1. The molecule has 0 spiro atoms. The van der Waals surface area contributed by atoms with E-state index in [0.29, 0.717) is 0 Å². The van der Waals surface area contributed by atoms with Crippen molar-refractivity contribution in [3.8, 4) is 0 Å². The first-order valence-electron chi connectivity index (χ1n) is 7.33. The summed E-state index contributed by atoms with van der Waals surface area (Å²) in [6.45, 7) is 6.13. The van der Waals surface area contributed by atoms with Gasteiger partial charge in [0.05, 0.1) is 11.7 Å². The minimum atomic E-state index is -0.0794. The van der Waals surface area contributed by atoms with Crippen molar-refractivity contribution < 1.29 is 4.79 Å². The number of amides is 2. The highest BCUT2D eigenvalue weighted by molar-refractivity contribution is 5.96. The molecule has 1 N–H and O–H groups in total. The highest BCUT2D eigenvalue weighted by Gasteiger charge is 2.32. The Balaban J connectivity index is 2.15. The molecule has 0 aliphatic carbocycles. The van der Waals surface area contributed by atoms with Crippen molar-refractivity contribution in [1.29, 1.82) is 0 Å². The molecule has 1 atom stereocenters. The van der Waals surface area contributed by atoms with Gasteiger partial charge in [-0.2, -0.15) is 0 Å². The van der Waals surface area contributed by atoms with Crippen LogP contribution in [0.2, 0.25) is 0 Å². The van der Waals surface area contributed by atoms with Gasteiger partial charge in [-0.3, -0.25) is 4.90 Å². The zero-order valence-corrected chi connectivity index (χ0v) is 12.6. The monoisotopic (exact) mass is 280 g/mol. The number of nitrogens with zero attached hydrogens (tertiary/aromatic N) is 1. The van der Waals surface area contributed by atoms with E-state index in [1.54, 1.807) is 0 Å². The Labute approximate surface area is 125 Å². The van der Waals surface area contributed by atoms with E-state index in [-0.39, 0.29) is 18.1 Å². The highest BCUT2D eigenvalue weighted by Crippen LogP contribution is 2.36. The number of nitrogens with one attached hydrogen (secondary N) is 1. The summed E-state index contributed by atoms with van der Waals surface area (Å²) in [6.07, 6.45) is 0. The van der Waals surface area contributed by atoms with Gasteiger partial charge >= 0.3 is 6.03 Å². The molecule has 108 valence electrons. The molecule has 0 aromatic heterocycles. The summed E-state index contributed by atoms with van der Waals surface area (Å²) in [7, 11) is 0. The SMILES string of the molecule is Cc1ccc2c(c1)N(C(C)C)C(=O)N[C@@H]2c1ccccc1. The molecule has 1 aliphatic heterocycles. The molecule has 2 aromatic rings. The number of carbonyl (C=O) groups excluding carboxylic acids is 1. The zero-order valence-electron chi connectivity index (χ0n) is 12.6. The van der Waals surface area contributed by atoms with E-state index in [0.717, 1.165) is 16.8 Å². The third-order valence-corrected chi connectivity index (χ3v) is 3.89. The molecule has 0 saturated heterocycles. The summed E-state index contributed by atoms with van der Waals surface area (Å²) in [5, 5.41) is 3.13. The standard InChI is InChI=1S/C18H20N2O/c1-12(2)20-16-11-13(3)9-10-15(16)17(19-18(20)21)14-7-5-4-6-8-14/h4-12,17H,1-3H3,(H,19,21)/t17-/m1/s1. The minimum absolute atomic E-state index is 0.0306. The predicted molar refractivity (Wildman–Crippen MR) is 85.6 cm³/mol. The number of fused-ring (bicyclic) bond motifs is 1. The van der Waals surface area contributed by atoms with Crippen molar-refractivity contribution in [2.45, 2.75) is 32.9 Å². The lowest BCUT2D eigenvalue weighted by atomic mass is 9.93. The Morgan fingerprint density at radius 1 is 1.10 bits per heavy atom. The van der Waals surface area contributed by atoms with Gasteiger partial charge in [-0.1, -0.05) is 42.5 Å². The maximum atomic E-state index is 12.5. The summed E-state index contributed by atoms with van der Waals surface area (Å²) in [5.74, 6) is 0. The number of anilines is 1. The van der Waals surface area contributed by atoms with Gasteiger partial charge in [0, 0.05) is 11.6 Å². The van der Waals surface area contributed by atoms with Gasteiger partial charge in [0.1, 0.15) is 0 Å². The Hall–Kier alpha value is -2.29. The van der Waals surface area contributed by atoms with Crippen molar-refractivity contribution in [3.63, 3.8) is 0 Å². The van der Waals surface area contributed by atoms with E-state index < -0.39 is 0 Å². The van der Waals surface area contributed by atoms with E-state index >= 15 is 0 Å². The van der Waals surface area contributed by atoms with Gasteiger partial charge in [-0.15, -0.1) is 0 Å². The van der Waals surface area contributed by atoms with Gasteiger partial charge in [0.15, 0.2) is 0 Å². The van der Waals surface area contributed by atoms with Gasteiger partial charge in [-0.05, 0) is 38.0 Å². The number of rotatable bonds is 2. The van der Waals surface area contributed by atoms with E-state index in [1.807, 2.05) is 36.9 Å². The third kappa shape index (κ3) is 2.40. The molecule has 21 heavy (non-hydrogen) atoms. The van der Waals surface area contributed by atoms with E-state index in [1.165, 1.54) is 5.56 Å². The lowest BCUT2D eigenvalue weighted by Gasteiger charge is -2.37. The van der Waals surface area contributed by atoms with Crippen LogP contribution in [-0.4, -0.2) is 12.1 Å². The first kappa shape index (κ1) is 13.7. The molecular weight excluding hydrogens is 260 g/mol. The van der Waals surface area contributed by atoms with Crippen LogP contribution < -0.4 is 10.2 Å². The zero-order chi connectivity index (χ0) is 15.0. The van der Waals surface area contributed by atoms with Crippen molar-refractivity contribution in [2.24, 2.45) is 0 Å². The van der Waals surface area contributed by atoms with E-state index in [2.05, 4.69) is 42.6 Å². The molecule has 0 saturated carbocycles. The third-order valence-electron chi connectivity index (χ3n) is 3.89. The van der Waals surface area contributed by atoms with Gasteiger partial charge in [0.2, 0.25) is 0 Å². The van der Waals surface area contributed by atoms with E-state index in [4.69, 9.17) is 0 Å². The van der Waals surface area contributed by atoms with Crippen molar-refractivity contribution >= 4 is 11.7 Å². The average molecular weight is 280 g/mol. The highest BCUT2D eigenvalue weighted by atomic mass is 16.2. The Morgan fingerprint density at radius 2 is 1.81 bits per heavy atom. The van der Waals surface area contributed by atoms with Crippen LogP contribution in [0.1, 0.15) is 36.6 Å². The first-order chi connectivity index (χ1) is 10.1. The van der Waals surface area contributed by atoms with Gasteiger partial charge in [0.25, 0.3) is 0 Å². The average Bonchev–Trinajstić information content (AvgIpc) is 2.46. The molecule has 1 heterocycles. The molecule has 0 unspecified atom stereocenters. The first-order valence-corrected chi connectivity index (χ1v) is 7.33. The molecule has 0 bridgehead atoms. The van der Waals surface area contributed by atoms with Gasteiger partial charge in [-0.25, -0.2) is 4.79 Å². The Bertz CT molecular complexity index is 664. The van der Waals surface area contributed by atoms with Crippen molar-refractivity contribution in [2.75, 3.05) is 4.90 Å². The minimum Gasteiger partial charge on any atom is -0.327 e. The smallest absolute Gasteiger partial charge is 0.322 e. The van der Waals surface area contributed by atoms with E-state index in [9.17, 15) is 4.79 Å². The van der Waals surface area contributed by atoms with Crippen LogP contribution in [0.25, 0.3) is 0 Å². The molecule has 3 heteroatoms. The fraction of sp³-hybridized carbons (Fsp3) is 0.278. The van der Waals surface area contributed by atoms with Crippen LogP contribution >= 0.6 is 0 Å². The maximum Gasteiger partial charge on any atom is 0.322 e. The number of carbonyl (C=O) groups is 1. The lowest BCUT2D eigenvalue weighted by molar-refractivity contribution is 0.241. The van der Waals surface area contributed by atoms with Crippen LogP contribution in [0, 0.1) is 6.92 Å². The van der Waals surface area contributed by atoms with Crippen molar-refractivity contribution in [3.05, 3.63) is 65.2 Å². The quantitative estimate of drug-likeness (QED) is 0.885. The fourth-order valence-corrected chi connectivity index (χ4v) is 2.91. The van der Waals surface area contributed by atoms with Crippen LogP contribution in [0.3, 0.4) is 0 Å². The normalized spacial score (nSPS) is 17.6. The molecule has 1 aliphatic rings. The van der Waals surface area contributed by atoms with Crippen LogP contribution in [0.15, 0.2) is 48.5 Å². The second-order valence-corrected chi connectivity index (χ2v) is 5.82. The summed E-state index contributed by atoms with van der Waals surface area (Å²) >= 11 is 0. The topological polar surface area (TPSA) is 32.3 Å². The van der Waals surface area contributed by atoms with Gasteiger partial charge < -0.3 is 5.32 Å². The second-order valence-electron chi connectivity index (χ2n) is 5.82. The lowest BCUT2D eigenvalue weighted by Crippen LogP contribution is -2.50. The molecule has 3 nitrogen and oxygen atoms in total. The predicted octanol–water partition coefficient (Wildman–Crippen LogP) is 4.02. The molecular formula is C18H20N2O. The molecule has 2 aromatic carbocycles. The second kappa shape index (κ2) is 5.24. The van der Waals surface area contributed by atoms with Crippen molar-refractivity contribution in [1.82, 2.24) is 5.32 Å². The molecule has 2 amide bonds. The molecule has 0 fully saturated rings. The summed E-state index contributed by atoms with van der Waals surface area (Å²) < 4.78 is 0. The fourth-order valence-electron chi connectivity index (χ4n) is 2.91. The van der Waals surface area contributed by atoms with Crippen LogP contribution in [0.5, 0.6) is 0 Å². The summed E-state index contributed by atoms with van der Waals surface area (Å²) in [5.41, 5.74) is 4.45. The Morgan fingerprint density at radius 3 is 2.48 bits per heavy atom. The molecule has 3 rings (SSSR count). The number of aryl methyl sites for hydroxylation is 1. The Kier molecular flexibility index (Phi) is 3.42. The molecule has 0 radical (unpaired) electrons. The van der Waals surface area contributed by atoms with Crippen LogP contribution in [0.4, 0.5) is 10.5 Å².